The van der Waals surface area contributed by atoms with E-state index in [1.807, 2.05) is 32.9 Å². The highest BCUT2D eigenvalue weighted by molar-refractivity contribution is 9.10. The minimum atomic E-state index is -0.887. The SMILES string of the molecule is Cc1cc(C)c(NC(=O)CN(C)c2cc(Br)cc(F)c2C(N)=O)c(C)c1. The predicted octanol–water partition coefficient (Wildman–Crippen LogP) is 3.69. The minimum absolute atomic E-state index is 0.0665. The number of carbonyl (C=O) groups is 2. The second-order valence-electron chi connectivity index (χ2n) is 6.32. The number of likely N-dealkylation sites (N-methyl/N-ethyl adjacent to an activating group) is 1. The number of carbonyl (C=O) groups excluding carboxylic acids is 2. The fourth-order valence-corrected chi connectivity index (χ4v) is 3.38. The van der Waals surface area contributed by atoms with Crippen molar-refractivity contribution in [3.8, 4) is 0 Å². The van der Waals surface area contributed by atoms with Crippen LogP contribution in [0.5, 0.6) is 0 Å². The quantitative estimate of drug-likeness (QED) is 0.772. The van der Waals surface area contributed by atoms with Gasteiger partial charge in [0.15, 0.2) is 0 Å². The van der Waals surface area contributed by atoms with Gasteiger partial charge in [0.25, 0.3) is 5.91 Å². The Labute approximate surface area is 160 Å². The molecule has 0 aliphatic carbocycles. The summed E-state index contributed by atoms with van der Waals surface area (Å²) in [6.07, 6.45) is 0. The van der Waals surface area contributed by atoms with E-state index in [4.69, 9.17) is 5.73 Å². The lowest BCUT2D eigenvalue weighted by atomic mass is 10.1. The second kappa shape index (κ2) is 7.86. The van der Waals surface area contributed by atoms with Crippen molar-refractivity contribution in [1.82, 2.24) is 0 Å². The Morgan fingerprint density at radius 2 is 1.73 bits per heavy atom. The Bertz CT molecular complexity index is 860. The highest BCUT2D eigenvalue weighted by Gasteiger charge is 2.20. The van der Waals surface area contributed by atoms with E-state index in [1.54, 1.807) is 13.1 Å². The van der Waals surface area contributed by atoms with Crippen molar-refractivity contribution in [2.75, 3.05) is 23.8 Å². The topological polar surface area (TPSA) is 75.4 Å². The number of nitrogens with one attached hydrogen (secondary N) is 1. The summed E-state index contributed by atoms with van der Waals surface area (Å²) < 4.78 is 14.5. The fourth-order valence-electron chi connectivity index (χ4n) is 2.96. The van der Waals surface area contributed by atoms with Gasteiger partial charge in [-0.05, 0) is 44.0 Å². The summed E-state index contributed by atoms with van der Waals surface area (Å²) >= 11 is 3.19. The molecule has 2 aromatic rings. The van der Waals surface area contributed by atoms with Crippen molar-refractivity contribution < 1.29 is 14.0 Å². The number of halogens is 2. The van der Waals surface area contributed by atoms with E-state index in [2.05, 4.69) is 21.2 Å². The number of primary amides is 1. The van der Waals surface area contributed by atoms with Crippen LogP contribution in [0.1, 0.15) is 27.0 Å². The molecular formula is C19H21BrFN3O2. The van der Waals surface area contributed by atoms with E-state index in [-0.39, 0.29) is 23.7 Å². The van der Waals surface area contributed by atoms with E-state index < -0.39 is 11.7 Å². The molecule has 0 fully saturated rings. The van der Waals surface area contributed by atoms with Crippen molar-refractivity contribution >= 4 is 39.1 Å². The molecule has 0 unspecified atom stereocenters. The lowest BCUT2D eigenvalue weighted by Gasteiger charge is -2.22. The molecule has 2 aromatic carbocycles. The van der Waals surface area contributed by atoms with Crippen LogP contribution in [0.3, 0.4) is 0 Å². The van der Waals surface area contributed by atoms with E-state index in [0.717, 1.165) is 28.4 Å². The lowest BCUT2D eigenvalue weighted by molar-refractivity contribution is -0.114. The first kappa shape index (κ1) is 19.9. The molecule has 26 heavy (non-hydrogen) atoms. The van der Waals surface area contributed by atoms with Gasteiger partial charge in [-0.3, -0.25) is 9.59 Å². The standard InChI is InChI=1S/C19H21BrFN3O2/c1-10-5-11(2)18(12(3)6-10)23-16(25)9-24(4)15-8-13(20)7-14(21)17(15)19(22)26/h5-8H,9H2,1-4H3,(H2,22,26)(H,23,25). The van der Waals surface area contributed by atoms with Gasteiger partial charge in [-0.1, -0.05) is 33.6 Å². The van der Waals surface area contributed by atoms with Crippen molar-refractivity contribution in [1.29, 1.82) is 0 Å². The molecule has 0 heterocycles. The van der Waals surface area contributed by atoms with Gasteiger partial charge in [0, 0.05) is 17.2 Å². The number of benzene rings is 2. The molecule has 2 amide bonds. The third-order valence-corrected chi connectivity index (χ3v) is 4.47. The number of rotatable bonds is 5. The van der Waals surface area contributed by atoms with Gasteiger partial charge < -0.3 is 16.0 Å². The summed E-state index contributed by atoms with van der Waals surface area (Å²) in [6.45, 7) is 5.78. The van der Waals surface area contributed by atoms with Gasteiger partial charge in [0.1, 0.15) is 5.82 Å². The van der Waals surface area contributed by atoms with E-state index in [1.165, 1.54) is 4.90 Å². The Hall–Kier alpha value is -2.41. The molecule has 0 saturated heterocycles. The summed E-state index contributed by atoms with van der Waals surface area (Å²) in [5.41, 5.74) is 9.09. The maximum atomic E-state index is 14.1. The molecule has 0 radical (unpaired) electrons. The number of nitrogens with zero attached hydrogens (tertiary/aromatic N) is 1. The third-order valence-electron chi connectivity index (χ3n) is 4.01. The van der Waals surface area contributed by atoms with Crippen LogP contribution < -0.4 is 16.0 Å². The molecule has 5 nitrogen and oxygen atoms in total. The van der Waals surface area contributed by atoms with E-state index >= 15 is 0 Å². The summed E-state index contributed by atoms with van der Waals surface area (Å²) in [5.74, 6) is -1.90. The smallest absolute Gasteiger partial charge is 0.253 e. The van der Waals surface area contributed by atoms with E-state index in [0.29, 0.717) is 4.47 Å². The van der Waals surface area contributed by atoms with Crippen LogP contribution in [-0.4, -0.2) is 25.4 Å². The molecule has 0 bridgehead atoms. The van der Waals surface area contributed by atoms with Gasteiger partial charge >= 0.3 is 0 Å². The fraction of sp³-hybridized carbons (Fsp3) is 0.263. The van der Waals surface area contributed by atoms with E-state index in [9.17, 15) is 14.0 Å². The first-order chi connectivity index (χ1) is 12.1. The van der Waals surface area contributed by atoms with Gasteiger partial charge in [0.05, 0.1) is 17.8 Å². The van der Waals surface area contributed by atoms with Crippen LogP contribution >= 0.6 is 15.9 Å². The molecule has 138 valence electrons. The third kappa shape index (κ3) is 4.40. The summed E-state index contributed by atoms with van der Waals surface area (Å²) in [7, 11) is 1.60. The Kier molecular flexibility index (Phi) is 6.02. The molecule has 0 saturated carbocycles. The van der Waals surface area contributed by atoms with Crippen LogP contribution in [0.25, 0.3) is 0 Å². The van der Waals surface area contributed by atoms with Crippen molar-refractivity contribution in [2.45, 2.75) is 20.8 Å². The average molecular weight is 422 g/mol. The molecule has 0 aromatic heterocycles. The molecule has 0 aliphatic heterocycles. The predicted molar refractivity (Wildman–Crippen MR) is 105 cm³/mol. The Morgan fingerprint density at radius 3 is 2.27 bits per heavy atom. The molecule has 3 N–H and O–H groups in total. The van der Waals surface area contributed by atoms with Crippen LogP contribution in [-0.2, 0) is 4.79 Å². The van der Waals surface area contributed by atoms with Crippen molar-refractivity contribution in [2.24, 2.45) is 5.73 Å². The number of amides is 2. The number of hydrogen-bond donors (Lipinski definition) is 2. The van der Waals surface area contributed by atoms with Gasteiger partial charge in [-0.15, -0.1) is 0 Å². The molecule has 0 atom stereocenters. The minimum Gasteiger partial charge on any atom is -0.365 e. The molecule has 0 spiro atoms. The second-order valence-corrected chi connectivity index (χ2v) is 7.24. The monoisotopic (exact) mass is 421 g/mol. The molecule has 2 rings (SSSR count). The highest BCUT2D eigenvalue weighted by Crippen LogP contribution is 2.27. The van der Waals surface area contributed by atoms with Crippen molar-refractivity contribution in [3.63, 3.8) is 0 Å². The number of anilines is 2. The van der Waals surface area contributed by atoms with Gasteiger partial charge in [-0.2, -0.15) is 0 Å². The zero-order valence-electron chi connectivity index (χ0n) is 15.1. The summed E-state index contributed by atoms with van der Waals surface area (Å²) in [6, 6.07) is 6.69. The van der Waals surface area contributed by atoms with Gasteiger partial charge in [0.2, 0.25) is 5.91 Å². The van der Waals surface area contributed by atoms with Crippen LogP contribution in [0.15, 0.2) is 28.7 Å². The van der Waals surface area contributed by atoms with Crippen LogP contribution in [0.4, 0.5) is 15.8 Å². The Morgan fingerprint density at radius 1 is 1.15 bits per heavy atom. The number of aryl methyl sites for hydroxylation is 3. The molecule has 7 heteroatoms. The largest absolute Gasteiger partial charge is 0.365 e. The highest BCUT2D eigenvalue weighted by atomic mass is 79.9. The zero-order chi connectivity index (χ0) is 19.6. The van der Waals surface area contributed by atoms with Crippen LogP contribution in [0, 0.1) is 26.6 Å². The Balaban J connectivity index is 2.24. The maximum Gasteiger partial charge on any atom is 0.253 e. The first-order valence-corrected chi connectivity index (χ1v) is 8.77. The normalized spacial score (nSPS) is 10.5. The number of nitrogens with two attached hydrogens (primary N) is 1. The van der Waals surface area contributed by atoms with Crippen molar-refractivity contribution in [3.05, 3.63) is 56.8 Å². The number of hydrogen-bond acceptors (Lipinski definition) is 3. The lowest BCUT2D eigenvalue weighted by Crippen LogP contribution is -2.32. The molecule has 0 aliphatic rings. The maximum absolute atomic E-state index is 14.1. The summed E-state index contributed by atoms with van der Waals surface area (Å²) in [4.78, 5) is 25.5. The average Bonchev–Trinajstić information content (AvgIpc) is 2.49. The summed E-state index contributed by atoms with van der Waals surface area (Å²) in [5, 5.41) is 2.88. The van der Waals surface area contributed by atoms with Gasteiger partial charge in [-0.25, -0.2) is 4.39 Å². The first-order valence-electron chi connectivity index (χ1n) is 7.97. The zero-order valence-corrected chi connectivity index (χ0v) is 16.7. The van der Waals surface area contributed by atoms with Crippen LogP contribution in [0.2, 0.25) is 0 Å². The molecular weight excluding hydrogens is 401 g/mol.